The van der Waals surface area contributed by atoms with Crippen LogP contribution in [-0.2, 0) is 4.79 Å². The SMILES string of the molecule is CNCC1CCN(C(=O)C=C(C)c2cccc(F)c2)C1. The van der Waals surface area contributed by atoms with Gasteiger partial charge in [0.25, 0.3) is 0 Å². The predicted molar refractivity (Wildman–Crippen MR) is 78.7 cm³/mol. The van der Waals surface area contributed by atoms with E-state index in [2.05, 4.69) is 5.32 Å². The van der Waals surface area contributed by atoms with Crippen LogP contribution in [0.25, 0.3) is 5.57 Å². The Morgan fingerprint density at radius 2 is 2.35 bits per heavy atom. The summed E-state index contributed by atoms with van der Waals surface area (Å²) in [7, 11) is 1.93. The van der Waals surface area contributed by atoms with Crippen molar-refractivity contribution in [1.82, 2.24) is 10.2 Å². The number of rotatable bonds is 4. The van der Waals surface area contributed by atoms with E-state index in [4.69, 9.17) is 0 Å². The van der Waals surface area contributed by atoms with Gasteiger partial charge in [0.05, 0.1) is 0 Å². The largest absolute Gasteiger partial charge is 0.339 e. The summed E-state index contributed by atoms with van der Waals surface area (Å²) < 4.78 is 13.2. The standard InChI is InChI=1S/C16H21FN2O/c1-12(14-4-3-5-15(17)9-14)8-16(20)19-7-6-13(11-19)10-18-2/h3-5,8-9,13,18H,6-7,10-11H2,1-2H3. The van der Waals surface area contributed by atoms with E-state index in [1.54, 1.807) is 12.1 Å². The molecule has 1 unspecified atom stereocenters. The summed E-state index contributed by atoms with van der Waals surface area (Å²) in [6, 6.07) is 6.33. The van der Waals surface area contributed by atoms with Crippen LogP contribution in [0, 0.1) is 11.7 Å². The van der Waals surface area contributed by atoms with E-state index < -0.39 is 0 Å². The van der Waals surface area contributed by atoms with Crippen molar-refractivity contribution in [2.45, 2.75) is 13.3 Å². The summed E-state index contributed by atoms with van der Waals surface area (Å²) in [6.07, 6.45) is 2.65. The first-order chi connectivity index (χ1) is 9.60. The van der Waals surface area contributed by atoms with Gasteiger partial charge in [-0.05, 0) is 56.1 Å². The molecule has 3 nitrogen and oxygen atoms in total. The lowest BCUT2D eigenvalue weighted by molar-refractivity contribution is -0.125. The molecule has 1 N–H and O–H groups in total. The molecule has 4 heteroatoms. The van der Waals surface area contributed by atoms with Crippen LogP contribution in [0.4, 0.5) is 4.39 Å². The average Bonchev–Trinajstić information content (AvgIpc) is 2.88. The Labute approximate surface area is 119 Å². The number of hydrogen-bond donors (Lipinski definition) is 1. The van der Waals surface area contributed by atoms with Crippen LogP contribution in [0.2, 0.25) is 0 Å². The number of carbonyl (C=O) groups excluding carboxylic acids is 1. The number of nitrogens with one attached hydrogen (secondary N) is 1. The maximum Gasteiger partial charge on any atom is 0.246 e. The van der Waals surface area contributed by atoms with Gasteiger partial charge in [0.2, 0.25) is 5.91 Å². The van der Waals surface area contributed by atoms with E-state index in [-0.39, 0.29) is 11.7 Å². The van der Waals surface area contributed by atoms with Crippen molar-refractivity contribution >= 4 is 11.5 Å². The van der Waals surface area contributed by atoms with E-state index in [9.17, 15) is 9.18 Å². The molecule has 2 rings (SSSR count). The molecule has 1 heterocycles. The molecule has 0 saturated carbocycles. The minimum absolute atomic E-state index is 0.0189. The maximum absolute atomic E-state index is 13.2. The molecule has 108 valence electrons. The Morgan fingerprint density at radius 1 is 1.55 bits per heavy atom. The van der Waals surface area contributed by atoms with Crippen molar-refractivity contribution in [1.29, 1.82) is 0 Å². The third kappa shape index (κ3) is 3.67. The zero-order valence-corrected chi connectivity index (χ0v) is 12.0. The van der Waals surface area contributed by atoms with Crippen molar-refractivity contribution < 1.29 is 9.18 Å². The molecule has 1 fully saturated rings. The van der Waals surface area contributed by atoms with Crippen molar-refractivity contribution in [3.63, 3.8) is 0 Å². The summed E-state index contributed by atoms with van der Waals surface area (Å²) >= 11 is 0. The lowest BCUT2D eigenvalue weighted by Crippen LogP contribution is -2.29. The van der Waals surface area contributed by atoms with Gasteiger partial charge in [-0.25, -0.2) is 4.39 Å². The number of nitrogens with zero attached hydrogens (tertiary/aromatic N) is 1. The van der Waals surface area contributed by atoms with Crippen molar-refractivity contribution in [3.8, 4) is 0 Å². The quantitative estimate of drug-likeness (QED) is 0.856. The van der Waals surface area contributed by atoms with Gasteiger partial charge in [0, 0.05) is 19.2 Å². The molecule has 0 radical (unpaired) electrons. The number of amides is 1. The second-order valence-electron chi connectivity index (χ2n) is 5.33. The van der Waals surface area contributed by atoms with E-state index in [0.717, 1.165) is 37.2 Å². The molecule has 0 bridgehead atoms. The summed E-state index contributed by atoms with van der Waals surface area (Å²) in [4.78, 5) is 14.1. The number of carbonyl (C=O) groups is 1. The predicted octanol–water partition coefficient (Wildman–Crippen LogP) is 2.30. The Balaban J connectivity index is 2.01. The fraction of sp³-hybridized carbons (Fsp3) is 0.438. The topological polar surface area (TPSA) is 32.3 Å². The highest BCUT2D eigenvalue weighted by molar-refractivity contribution is 5.95. The first-order valence-corrected chi connectivity index (χ1v) is 6.98. The Morgan fingerprint density at radius 3 is 3.05 bits per heavy atom. The lowest BCUT2D eigenvalue weighted by Gasteiger charge is -2.15. The Bertz CT molecular complexity index is 513. The third-order valence-corrected chi connectivity index (χ3v) is 3.71. The normalized spacial score (nSPS) is 19.4. The summed E-state index contributed by atoms with van der Waals surface area (Å²) in [5.74, 6) is 0.273. The molecular formula is C16H21FN2O. The third-order valence-electron chi connectivity index (χ3n) is 3.71. The lowest BCUT2D eigenvalue weighted by atomic mass is 10.1. The van der Waals surface area contributed by atoms with Gasteiger partial charge in [-0.3, -0.25) is 4.79 Å². The number of allylic oxidation sites excluding steroid dienone is 1. The first kappa shape index (κ1) is 14.7. The molecular weight excluding hydrogens is 255 g/mol. The molecule has 0 aliphatic carbocycles. The molecule has 1 atom stereocenters. The number of halogens is 1. The first-order valence-electron chi connectivity index (χ1n) is 6.98. The van der Waals surface area contributed by atoms with Crippen LogP contribution in [0.5, 0.6) is 0 Å². The maximum atomic E-state index is 13.2. The highest BCUT2D eigenvalue weighted by atomic mass is 19.1. The molecule has 1 aliphatic heterocycles. The zero-order valence-electron chi connectivity index (χ0n) is 12.0. The zero-order chi connectivity index (χ0) is 14.5. The highest BCUT2D eigenvalue weighted by Crippen LogP contribution is 2.19. The van der Waals surface area contributed by atoms with Crippen LogP contribution in [-0.4, -0.2) is 37.5 Å². The fourth-order valence-corrected chi connectivity index (χ4v) is 2.58. The van der Waals surface area contributed by atoms with E-state index in [1.807, 2.05) is 24.9 Å². The minimum atomic E-state index is -0.280. The molecule has 1 aromatic rings. The second kappa shape index (κ2) is 6.66. The number of hydrogen-bond acceptors (Lipinski definition) is 2. The van der Waals surface area contributed by atoms with Gasteiger partial charge in [-0.2, -0.15) is 0 Å². The molecule has 1 amide bonds. The number of benzene rings is 1. The monoisotopic (exact) mass is 276 g/mol. The summed E-state index contributed by atoms with van der Waals surface area (Å²) in [5.41, 5.74) is 1.55. The molecule has 0 spiro atoms. The molecule has 1 saturated heterocycles. The van der Waals surface area contributed by atoms with Crippen LogP contribution < -0.4 is 5.32 Å². The average molecular weight is 276 g/mol. The van der Waals surface area contributed by atoms with Crippen molar-refractivity contribution in [2.75, 3.05) is 26.7 Å². The Kier molecular flexibility index (Phi) is 4.90. The van der Waals surface area contributed by atoms with Crippen molar-refractivity contribution in [3.05, 3.63) is 41.7 Å². The van der Waals surface area contributed by atoms with Gasteiger partial charge in [-0.15, -0.1) is 0 Å². The highest BCUT2D eigenvalue weighted by Gasteiger charge is 2.24. The number of likely N-dealkylation sites (tertiary alicyclic amines) is 1. The fourth-order valence-electron chi connectivity index (χ4n) is 2.58. The van der Waals surface area contributed by atoms with E-state index in [0.29, 0.717) is 5.92 Å². The van der Waals surface area contributed by atoms with Gasteiger partial charge in [0.1, 0.15) is 5.82 Å². The minimum Gasteiger partial charge on any atom is -0.339 e. The van der Waals surface area contributed by atoms with E-state index in [1.165, 1.54) is 12.1 Å². The van der Waals surface area contributed by atoms with Gasteiger partial charge in [0.15, 0.2) is 0 Å². The van der Waals surface area contributed by atoms with Crippen LogP contribution in [0.3, 0.4) is 0 Å². The van der Waals surface area contributed by atoms with Crippen LogP contribution >= 0.6 is 0 Å². The summed E-state index contributed by atoms with van der Waals surface area (Å²) in [6.45, 7) is 4.38. The van der Waals surface area contributed by atoms with Crippen LogP contribution in [0.1, 0.15) is 18.9 Å². The van der Waals surface area contributed by atoms with Gasteiger partial charge in [-0.1, -0.05) is 12.1 Å². The van der Waals surface area contributed by atoms with Crippen LogP contribution in [0.15, 0.2) is 30.3 Å². The smallest absolute Gasteiger partial charge is 0.246 e. The summed E-state index contributed by atoms with van der Waals surface area (Å²) in [5, 5.41) is 3.15. The van der Waals surface area contributed by atoms with Gasteiger partial charge < -0.3 is 10.2 Å². The van der Waals surface area contributed by atoms with E-state index >= 15 is 0 Å². The van der Waals surface area contributed by atoms with Crippen molar-refractivity contribution in [2.24, 2.45) is 5.92 Å². The molecule has 1 aliphatic rings. The molecule has 0 aromatic heterocycles. The van der Waals surface area contributed by atoms with Gasteiger partial charge >= 0.3 is 0 Å². The second-order valence-corrected chi connectivity index (χ2v) is 5.33. The Hall–Kier alpha value is -1.68. The molecule has 1 aromatic carbocycles. The molecule has 20 heavy (non-hydrogen) atoms.